The van der Waals surface area contributed by atoms with Gasteiger partial charge in [0, 0.05) is 12.6 Å². The predicted octanol–water partition coefficient (Wildman–Crippen LogP) is 5.26. The van der Waals surface area contributed by atoms with E-state index in [0.717, 1.165) is 21.9 Å². The molecule has 0 aliphatic carbocycles. The minimum Gasteiger partial charge on any atom is -0.349 e. The number of carbonyl (C=O) groups excluding carboxylic acids is 1. The molecule has 0 radical (unpaired) electrons. The van der Waals surface area contributed by atoms with Crippen molar-refractivity contribution >= 4 is 40.0 Å². The van der Waals surface area contributed by atoms with Gasteiger partial charge < -0.3 is 9.88 Å². The number of nitrogens with one attached hydrogen (secondary N) is 1. The molecule has 1 atom stereocenters. The number of rotatable bonds is 6. The van der Waals surface area contributed by atoms with Gasteiger partial charge in [0.1, 0.15) is 0 Å². The van der Waals surface area contributed by atoms with Crippen LogP contribution in [0.2, 0.25) is 5.02 Å². The Bertz CT molecular complexity index is 1200. The van der Waals surface area contributed by atoms with Crippen molar-refractivity contribution in [2.24, 2.45) is 7.05 Å². The molecule has 4 rings (SSSR count). The van der Waals surface area contributed by atoms with Gasteiger partial charge in [0.05, 0.1) is 16.8 Å². The number of carbonyl (C=O) groups is 1. The van der Waals surface area contributed by atoms with Crippen LogP contribution < -0.4 is 5.32 Å². The summed E-state index contributed by atoms with van der Waals surface area (Å²) in [7, 11) is 1.87. The summed E-state index contributed by atoms with van der Waals surface area (Å²) < 4.78 is 1.85. The Balaban J connectivity index is 1.42. The number of hydrogen-bond acceptors (Lipinski definition) is 4. The van der Waals surface area contributed by atoms with E-state index < -0.39 is 0 Å². The maximum absolute atomic E-state index is 12.6. The highest BCUT2D eigenvalue weighted by atomic mass is 35.5. The van der Waals surface area contributed by atoms with Gasteiger partial charge in [0.15, 0.2) is 11.0 Å². The fraction of sp³-hybridized carbons (Fsp3) is 0.174. The Kier molecular flexibility index (Phi) is 6.06. The molecule has 0 bridgehead atoms. The molecule has 0 spiro atoms. The molecule has 0 aliphatic heterocycles. The molecular formula is C23H21ClN4OS. The first-order valence-corrected chi connectivity index (χ1v) is 10.9. The van der Waals surface area contributed by atoms with Crippen molar-refractivity contribution in [2.75, 3.05) is 5.75 Å². The largest absolute Gasteiger partial charge is 0.349 e. The van der Waals surface area contributed by atoms with E-state index >= 15 is 0 Å². The average Bonchev–Trinajstić information content (AvgIpc) is 3.12. The molecule has 1 unspecified atom stereocenters. The SMILES string of the molecule is CC(NC(=O)CSc1nnc(-c2ccccc2Cl)n1C)c1cccc2ccccc12. The lowest BCUT2D eigenvalue weighted by atomic mass is 10.00. The van der Waals surface area contributed by atoms with Gasteiger partial charge in [-0.15, -0.1) is 10.2 Å². The van der Waals surface area contributed by atoms with E-state index in [-0.39, 0.29) is 17.7 Å². The topological polar surface area (TPSA) is 59.8 Å². The first kappa shape index (κ1) is 20.4. The van der Waals surface area contributed by atoms with Gasteiger partial charge in [-0.2, -0.15) is 0 Å². The standard InChI is InChI=1S/C23H21ClN4OS/c1-15(17-12-7-9-16-8-3-4-10-18(16)17)25-21(29)14-30-23-27-26-22(28(23)2)19-11-5-6-13-20(19)24/h3-13,15H,14H2,1-2H3,(H,25,29). The second kappa shape index (κ2) is 8.90. The molecule has 7 heteroatoms. The van der Waals surface area contributed by atoms with Crippen molar-refractivity contribution in [3.8, 4) is 11.4 Å². The Morgan fingerprint density at radius 1 is 1.07 bits per heavy atom. The van der Waals surface area contributed by atoms with Crippen LogP contribution in [0.15, 0.2) is 71.9 Å². The number of amides is 1. The van der Waals surface area contributed by atoms with Gasteiger partial charge in [-0.05, 0) is 35.4 Å². The molecule has 4 aromatic rings. The van der Waals surface area contributed by atoms with Crippen LogP contribution in [0.25, 0.3) is 22.2 Å². The molecule has 1 heterocycles. The number of fused-ring (bicyclic) bond motifs is 1. The average molecular weight is 437 g/mol. The molecular weight excluding hydrogens is 416 g/mol. The third-order valence-corrected chi connectivity index (χ3v) is 6.30. The van der Waals surface area contributed by atoms with E-state index in [1.54, 1.807) is 0 Å². The zero-order valence-electron chi connectivity index (χ0n) is 16.7. The normalized spacial score (nSPS) is 12.1. The fourth-order valence-corrected chi connectivity index (χ4v) is 4.38. The Hall–Kier alpha value is -2.83. The van der Waals surface area contributed by atoms with E-state index in [0.29, 0.717) is 16.0 Å². The summed E-state index contributed by atoms with van der Waals surface area (Å²) in [6.45, 7) is 2.00. The second-order valence-corrected chi connectivity index (χ2v) is 8.34. The monoisotopic (exact) mass is 436 g/mol. The molecule has 1 aromatic heterocycles. The van der Waals surface area contributed by atoms with Gasteiger partial charge in [-0.25, -0.2) is 0 Å². The van der Waals surface area contributed by atoms with E-state index in [2.05, 4.69) is 39.8 Å². The van der Waals surface area contributed by atoms with Crippen molar-refractivity contribution in [1.82, 2.24) is 20.1 Å². The number of halogens is 1. The Morgan fingerprint density at radius 3 is 2.63 bits per heavy atom. The highest BCUT2D eigenvalue weighted by Gasteiger charge is 2.16. The van der Waals surface area contributed by atoms with Gasteiger partial charge >= 0.3 is 0 Å². The first-order valence-electron chi connectivity index (χ1n) is 9.58. The maximum atomic E-state index is 12.6. The first-order chi connectivity index (χ1) is 14.5. The van der Waals surface area contributed by atoms with E-state index in [1.807, 2.05) is 61.0 Å². The Labute approximate surface area is 184 Å². The van der Waals surface area contributed by atoms with Gasteiger partial charge in [-0.1, -0.05) is 78.0 Å². The summed E-state index contributed by atoms with van der Waals surface area (Å²) >= 11 is 7.62. The third-order valence-electron chi connectivity index (χ3n) is 4.95. The lowest BCUT2D eigenvalue weighted by molar-refractivity contribution is -0.119. The highest BCUT2D eigenvalue weighted by Crippen LogP contribution is 2.28. The summed E-state index contributed by atoms with van der Waals surface area (Å²) in [6, 6.07) is 21.8. The molecule has 0 fully saturated rings. The van der Waals surface area contributed by atoms with Crippen LogP contribution in [0.3, 0.4) is 0 Å². The Morgan fingerprint density at radius 2 is 1.80 bits per heavy atom. The lowest BCUT2D eigenvalue weighted by Crippen LogP contribution is -2.28. The van der Waals surface area contributed by atoms with Crippen LogP contribution in [-0.4, -0.2) is 26.4 Å². The van der Waals surface area contributed by atoms with Crippen molar-refractivity contribution in [2.45, 2.75) is 18.1 Å². The number of nitrogens with zero attached hydrogens (tertiary/aromatic N) is 3. The molecule has 0 saturated carbocycles. The van der Waals surface area contributed by atoms with Crippen molar-refractivity contribution < 1.29 is 4.79 Å². The number of aromatic nitrogens is 3. The molecule has 0 saturated heterocycles. The number of benzene rings is 3. The molecule has 1 amide bonds. The third kappa shape index (κ3) is 4.20. The maximum Gasteiger partial charge on any atom is 0.230 e. The number of thioether (sulfide) groups is 1. The summed E-state index contributed by atoms with van der Waals surface area (Å²) in [5.41, 5.74) is 1.92. The highest BCUT2D eigenvalue weighted by molar-refractivity contribution is 7.99. The van der Waals surface area contributed by atoms with Crippen LogP contribution in [0.1, 0.15) is 18.5 Å². The van der Waals surface area contributed by atoms with Gasteiger partial charge in [0.2, 0.25) is 5.91 Å². The second-order valence-electron chi connectivity index (χ2n) is 6.99. The van der Waals surface area contributed by atoms with Crippen LogP contribution in [0, 0.1) is 0 Å². The van der Waals surface area contributed by atoms with E-state index in [9.17, 15) is 4.79 Å². The quantitative estimate of drug-likeness (QED) is 0.419. The molecule has 152 valence electrons. The zero-order valence-corrected chi connectivity index (χ0v) is 18.2. The van der Waals surface area contributed by atoms with Crippen LogP contribution in [-0.2, 0) is 11.8 Å². The van der Waals surface area contributed by atoms with Crippen LogP contribution in [0.5, 0.6) is 0 Å². The van der Waals surface area contributed by atoms with E-state index in [4.69, 9.17) is 11.6 Å². The molecule has 0 aliphatic rings. The van der Waals surface area contributed by atoms with Gasteiger partial charge in [0.25, 0.3) is 0 Å². The molecule has 3 aromatic carbocycles. The summed E-state index contributed by atoms with van der Waals surface area (Å²) in [5.74, 6) is 0.874. The van der Waals surface area contributed by atoms with Crippen LogP contribution >= 0.6 is 23.4 Å². The smallest absolute Gasteiger partial charge is 0.230 e. The molecule has 30 heavy (non-hydrogen) atoms. The van der Waals surface area contributed by atoms with Crippen molar-refractivity contribution in [3.05, 3.63) is 77.3 Å². The van der Waals surface area contributed by atoms with Crippen LogP contribution in [0.4, 0.5) is 0 Å². The summed E-state index contributed by atoms with van der Waals surface area (Å²) in [4.78, 5) is 12.6. The minimum atomic E-state index is -0.0950. The lowest BCUT2D eigenvalue weighted by Gasteiger charge is -2.16. The minimum absolute atomic E-state index is 0.0530. The van der Waals surface area contributed by atoms with E-state index in [1.165, 1.54) is 11.8 Å². The zero-order chi connectivity index (χ0) is 21.1. The summed E-state index contributed by atoms with van der Waals surface area (Å²) in [5, 5.41) is 15.1. The fourth-order valence-electron chi connectivity index (χ4n) is 3.44. The predicted molar refractivity (Wildman–Crippen MR) is 123 cm³/mol. The van der Waals surface area contributed by atoms with Crippen molar-refractivity contribution in [3.63, 3.8) is 0 Å². The number of hydrogen-bond donors (Lipinski definition) is 1. The summed E-state index contributed by atoms with van der Waals surface area (Å²) in [6.07, 6.45) is 0. The molecule has 1 N–H and O–H groups in total. The van der Waals surface area contributed by atoms with Crippen molar-refractivity contribution in [1.29, 1.82) is 0 Å². The van der Waals surface area contributed by atoms with Gasteiger partial charge in [-0.3, -0.25) is 4.79 Å². The molecule has 5 nitrogen and oxygen atoms in total.